The molecule has 5 rings (SSSR count). The maximum atomic E-state index is 9.98. The van der Waals surface area contributed by atoms with Gasteiger partial charge in [0.05, 0.1) is 5.92 Å². The molecule has 6 heteroatoms. The normalized spacial score (nSPS) is 15.3. The highest BCUT2D eigenvalue weighted by atomic mass is 16.5. The highest BCUT2D eigenvalue weighted by molar-refractivity contribution is 5.90. The smallest absolute Gasteiger partial charge is 0.244 e. The van der Waals surface area contributed by atoms with Crippen molar-refractivity contribution < 1.29 is 9.47 Å². The van der Waals surface area contributed by atoms with Crippen LogP contribution in [0.2, 0.25) is 0 Å². The first-order valence-electron chi connectivity index (χ1n) is 9.98. The molecule has 1 aliphatic heterocycles. The summed E-state index contributed by atoms with van der Waals surface area (Å²) in [7, 11) is 0. The molecule has 3 aromatic carbocycles. The quantitative estimate of drug-likeness (QED) is 0.511. The van der Waals surface area contributed by atoms with E-state index in [0.717, 1.165) is 33.2 Å². The number of rotatable bonds is 4. The van der Waals surface area contributed by atoms with Crippen molar-refractivity contribution >= 4 is 10.8 Å². The van der Waals surface area contributed by atoms with E-state index in [1.165, 1.54) is 0 Å². The highest BCUT2D eigenvalue weighted by Gasteiger charge is 2.36. The maximum absolute atomic E-state index is 9.98. The van der Waals surface area contributed by atoms with E-state index in [2.05, 4.69) is 16.3 Å². The van der Waals surface area contributed by atoms with Crippen molar-refractivity contribution in [2.75, 3.05) is 0 Å². The van der Waals surface area contributed by atoms with Gasteiger partial charge in [-0.25, -0.2) is 0 Å². The van der Waals surface area contributed by atoms with Crippen LogP contribution in [0.3, 0.4) is 0 Å². The second-order valence-electron chi connectivity index (χ2n) is 7.47. The Morgan fingerprint density at radius 2 is 1.84 bits per heavy atom. The third-order valence-corrected chi connectivity index (χ3v) is 5.59. The molecule has 31 heavy (non-hydrogen) atoms. The van der Waals surface area contributed by atoms with Crippen LogP contribution in [-0.2, 0) is 6.61 Å². The Kier molecular flexibility index (Phi) is 4.57. The number of aromatic amines is 1. The fourth-order valence-electron chi connectivity index (χ4n) is 4.12. The van der Waals surface area contributed by atoms with Crippen molar-refractivity contribution in [3.8, 4) is 17.7 Å². The summed E-state index contributed by atoms with van der Waals surface area (Å²) < 4.78 is 11.9. The summed E-state index contributed by atoms with van der Waals surface area (Å²) in [6, 6.07) is 24.3. The molecule has 1 aliphatic rings. The van der Waals surface area contributed by atoms with Crippen LogP contribution in [0.1, 0.15) is 28.3 Å². The van der Waals surface area contributed by atoms with E-state index in [9.17, 15) is 5.26 Å². The van der Waals surface area contributed by atoms with Gasteiger partial charge in [-0.2, -0.15) is 5.26 Å². The van der Waals surface area contributed by atoms with Crippen molar-refractivity contribution in [1.82, 2.24) is 10.2 Å². The SMILES string of the molecule is Cc1[nH]nc2c1[C@H](c1c(OCc3ccccc3)ccc3ccccc13)C(C#N)=C(N)O2. The van der Waals surface area contributed by atoms with Crippen molar-refractivity contribution in [3.63, 3.8) is 0 Å². The second kappa shape index (κ2) is 7.54. The Labute approximate surface area is 179 Å². The monoisotopic (exact) mass is 408 g/mol. The van der Waals surface area contributed by atoms with Gasteiger partial charge in [0, 0.05) is 16.8 Å². The Morgan fingerprint density at radius 1 is 1.06 bits per heavy atom. The largest absolute Gasteiger partial charge is 0.489 e. The van der Waals surface area contributed by atoms with Crippen LogP contribution in [0, 0.1) is 18.3 Å². The lowest BCUT2D eigenvalue weighted by Crippen LogP contribution is -2.21. The number of hydrogen-bond donors (Lipinski definition) is 2. The van der Waals surface area contributed by atoms with Gasteiger partial charge in [-0.15, -0.1) is 5.10 Å². The van der Waals surface area contributed by atoms with Crippen LogP contribution in [0.5, 0.6) is 11.6 Å². The van der Waals surface area contributed by atoms with Gasteiger partial charge < -0.3 is 15.2 Å². The van der Waals surface area contributed by atoms with Crippen LogP contribution < -0.4 is 15.2 Å². The average Bonchev–Trinajstić information content (AvgIpc) is 3.17. The number of nitriles is 1. The topological polar surface area (TPSA) is 97.0 Å². The molecule has 6 nitrogen and oxygen atoms in total. The van der Waals surface area contributed by atoms with Gasteiger partial charge in [-0.05, 0) is 29.3 Å². The number of benzene rings is 3. The van der Waals surface area contributed by atoms with Gasteiger partial charge in [0.1, 0.15) is 24.0 Å². The molecule has 0 saturated heterocycles. The molecule has 4 aromatic rings. The van der Waals surface area contributed by atoms with Crippen molar-refractivity contribution in [2.45, 2.75) is 19.4 Å². The lowest BCUT2D eigenvalue weighted by Gasteiger charge is -2.26. The third kappa shape index (κ3) is 3.17. The van der Waals surface area contributed by atoms with Crippen molar-refractivity contribution in [3.05, 3.63) is 101 Å². The highest BCUT2D eigenvalue weighted by Crippen LogP contribution is 2.47. The maximum Gasteiger partial charge on any atom is 0.244 e. The molecular formula is C25H20N4O2. The fraction of sp³-hybridized carbons (Fsp3) is 0.120. The molecule has 0 unspecified atom stereocenters. The third-order valence-electron chi connectivity index (χ3n) is 5.59. The molecule has 1 aromatic heterocycles. The number of nitrogens with two attached hydrogens (primary N) is 1. The number of aromatic nitrogens is 2. The minimum Gasteiger partial charge on any atom is -0.489 e. The molecule has 0 saturated carbocycles. The molecule has 0 radical (unpaired) electrons. The van der Waals surface area contributed by atoms with Gasteiger partial charge in [0.2, 0.25) is 11.8 Å². The van der Waals surface area contributed by atoms with Crippen LogP contribution in [0.25, 0.3) is 10.8 Å². The lowest BCUT2D eigenvalue weighted by atomic mass is 9.81. The zero-order valence-corrected chi connectivity index (χ0v) is 16.9. The Balaban J connectivity index is 1.73. The number of ether oxygens (including phenoxy) is 2. The van der Waals surface area contributed by atoms with Gasteiger partial charge in [-0.1, -0.05) is 60.7 Å². The zero-order valence-electron chi connectivity index (χ0n) is 16.9. The van der Waals surface area contributed by atoms with Crippen molar-refractivity contribution in [2.24, 2.45) is 5.73 Å². The molecule has 0 fully saturated rings. The number of H-pyrrole nitrogens is 1. The number of nitrogens with zero attached hydrogens (tertiary/aromatic N) is 2. The van der Waals surface area contributed by atoms with Crippen molar-refractivity contribution in [1.29, 1.82) is 5.26 Å². The summed E-state index contributed by atoms with van der Waals surface area (Å²) in [4.78, 5) is 0. The number of allylic oxidation sites excluding steroid dienone is 1. The Morgan fingerprint density at radius 3 is 2.65 bits per heavy atom. The van der Waals surface area contributed by atoms with Crippen LogP contribution >= 0.6 is 0 Å². The summed E-state index contributed by atoms with van der Waals surface area (Å²) in [5, 5.41) is 19.2. The Hall–Kier alpha value is -4.24. The van der Waals surface area contributed by atoms with E-state index in [0.29, 0.717) is 23.8 Å². The minimum atomic E-state index is -0.454. The molecule has 2 heterocycles. The van der Waals surface area contributed by atoms with E-state index in [4.69, 9.17) is 15.2 Å². The predicted molar refractivity (Wildman–Crippen MR) is 117 cm³/mol. The van der Waals surface area contributed by atoms with E-state index >= 15 is 0 Å². The summed E-state index contributed by atoms with van der Waals surface area (Å²) in [6.45, 7) is 2.32. The first-order valence-corrected chi connectivity index (χ1v) is 9.98. The number of fused-ring (bicyclic) bond motifs is 2. The average molecular weight is 408 g/mol. The Bertz CT molecular complexity index is 1350. The summed E-state index contributed by atoms with van der Waals surface area (Å²) >= 11 is 0. The molecule has 3 N–H and O–H groups in total. The zero-order chi connectivity index (χ0) is 21.4. The summed E-state index contributed by atoms with van der Waals surface area (Å²) in [5.41, 5.74) is 10.0. The first kappa shape index (κ1) is 18.8. The van der Waals surface area contributed by atoms with Gasteiger partial charge in [0.25, 0.3) is 0 Å². The molecular weight excluding hydrogens is 388 g/mol. The minimum absolute atomic E-state index is 0.0634. The molecule has 152 valence electrons. The number of nitrogens with one attached hydrogen (secondary N) is 1. The molecule has 0 bridgehead atoms. The molecule has 0 spiro atoms. The standard InChI is InChI=1S/C25H20N4O2/c1-15-21-23(19(13-26)24(27)31-25(21)29-28-15)22-18-10-6-5-9-17(18)11-12-20(22)30-14-16-7-3-2-4-8-16/h2-12,23H,14,27H2,1H3,(H,28,29)/t23-/m1/s1. The second-order valence-corrected chi connectivity index (χ2v) is 7.47. The summed E-state index contributed by atoms with van der Waals surface area (Å²) in [6.07, 6.45) is 0. The van der Waals surface area contributed by atoms with E-state index in [1.807, 2.05) is 73.7 Å². The van der Waals surface area contributed by atoms with Gasteiger partial charge >= 0.3 is 0 Å². The van der Waals surface area contributed by atoms with Crippen LogP contribution in [-0.4, -0.2) is 10.2 Å². The lowest BCUT2D eigenvalue weighted by molar-refractivity contribution is 0.302. The fourth-order valence-corrected chi connectivity index (χ4v) is 4.12. The number of hydrogen-bond acceptors (Lipinski definition) is 5. The van der Waals surface area contributed by atoms with Crippen LogP contribution in [0.15, 0.2) is 78.2 Å². The van der Waals surface area contributed by atoms with E-state index in [1.54, 1.807) is 0 Å². The molecule has 1 atom stereocenters. The van der Waals surface area contributed by atoms with Gasteiger partial charge in [0.15, 0.2) is 0 Å². The van der Waals surface area contributed by atoms with Gasteiger partial charge in [-0.3, -0.25) is 5.10 Å². The molecule has 0 aliphatic carbocycles. The first-order chi connectivity index (χ1) is 15.2. The molecule has 0 amide bonds. The van der Waals surface area contributed by atoms with Crippen LogP contribution in [0.4, 0.5) is 0 Å². The predicted octanol–water partition coefficient (Wildman–Crippen LogP) is 4.67. The number of aryl methyl sites for hydroxylation is 1. The van der Waals surface area contributed by atoms with E-state index in [-0.39, 0.29) is 5.88 Å². The van der Waals surface area contributed by atoms with E-state index < -0.39 is 5.92 Å². The summed E-state index contributed by atoms with van der Waals surface area (Å²) in [5.74, 6) is 0.695.